The van der Waals surface area contributed by atoms with Crippen molar-refractivity contribution in [2.24, 2.45) is 11.1 Å². The van der Waals surface area contributed by atoms with Crippen LogP contribution in [-0.2, 0) is 20.1 Å². The molecule has 3 rings (SSSR count). The summed E-state index contributed by atoms with van der Waals surface area (Å²) in [6, 6.07) is 4.13. The zero-order chi connectivity index (χ0) is 17.4. The van der Waals surface area contributed by atoms with Crippen LogP contribution in [0.5, 0.6) is 5.75 Å². The molecule has 0 amide bonds. The lowest BCUT2D eigenvalue weighted by atomic mass is 9.99. The quantitative estimate of drug-likeness (QED) is 0.821. The van der Waals surface area contributed by atoms with Crippen molar-refractivity contribution < 1.29 is 21.0 Å². The van der Waals surface area contributed by atoms with Crippen LogP contribution in [0.3, 0.4) is 0 Å². The van der Waals surface area contributed by atoms with E-state index in [1.54, 1.807) is 6.08 Å². The predicted octanol–water partition coefficient (Wildman–Crippen LogP) is 2.53. The zero-order valence-electron chi connectivity index (χ0n) is 13.0. The van der Waals surface area contributed by atoms with E-state index in [0.717, 1.165) is 25.7 Å². The fraction of sp³-hybridized carbons (Fsp3) is 0.375. The number of rotatable bonds is 4. The van der Waals surface area contributed by atoms with Crippen molar-refractivity contribution in [2.75, 3.05) is 0 Å². The second kappa shape index (κ2) is 6.34. The Balaban J connectivity index is 1.87. The van der Waals surface area contributed by atoms with Crippen molar-refractivity contribution in [3.05, 3.63) is 40.8 Å². The molecule has 6 nitrogen and oxygen atoms in total. The van der Waals surface area contributed by atoms with E-state index in [1.165, 1.54) is 18.2 Å². The Kier molecular flexibility index (Phi) is 4.54. The Morgan fingerprint density at radius 1 is 1.25 bits per heavy atom. The Morgan fingerprint density at radius 2 is 2.04 bits per heavy atom. The summed E-state index contributed by atoms with van der Waals surface area (Å²) >= 11 is 0. The predicted molar refractivity (Wildman–Crippen MR) is 91.1 cm³/mol. The standard InChI is InChI=1S/C16H19NO5S2/c17-24(20,21)22-14-8-7-13-10-15(23(18,19)16(13)11-14)9-12-5-3-1-2-4-6-12/h3,5,7-8,10-12H,1-2,4,6,9H2,(H2,17,20,21)/t12-/m1/s1. The molecule has 1 aromatic carbocycles. The molecular formula is C16H19NO5S2. The molecule has 0 saturated carbocycles. The minimum atomic E-state index is -4.19. The van der Waals surface area contributed by atoms with Gasteiger partial charge in [-0.15, -0.1) is 0 Å². The number of sulfone groups is 1. The van der Waals surface area contributed by atoms with Gasteiger partial charge in [0.25, 0.3) is 0 Å². The van der Waals surface area contributed by atoms with Crippen LogP contribution in [0.15, 0.2) is 40.2 Å². The molecular weight excluding hydrogens is 350 g/mol. The largest absolute Gasteiger partial charge is 0.380 e. The van der Waals surface area contributed by atoms with E-state index in [2.05, 4.69) is 16.3 Å². The van der Waals surface area contributed by atoms with Crippen molar-refractivity contribution in [2.45, 2.75) is 37.0 Å². The number of benzene rings is 1. The highest BCUT2D eigenvalue weighted by atomic mass is 32.2. The third-order valence-electron chi connectivity index (χ3n) is 4.22. The minimum Gasteiger partial charge on any atom is -0.371 e. The van der Waals surface area contributed by atoms with Crippen LogP contribution >= 0.6 is 0 Å². The summed E-state index contributed by atoms with van der Waals surface area (Å²) in [5, 5.41) is 4.83. The maximum atomic E-state index is 12.7. The van der Waals surface area contributed by atoms with Gasteiger partial charge in [-0.2, -0.15) is 13.6 Å². The van der Waals surface area contributed by atoms with Crippen LogP contribution in [0.2, 0.25) is 0 Å². The van der Waals surface area contributed by atoms with E-state index in [-0.39, 0.29) is 16.6 Å². The van der Waals surface area contributed by atoms with Crippen molar-refractivity contribution in [3.63, 3.8) is 0 Å². The van der Waals surface area contributed by atoms with Gasteiger partial charge < -0.3 is 4.18 Å². The number of allylic oxidation sites excluding steroid dienone is 3. The summed E-state index contributed by atoms with van der Waals surface area (Å²) in [6.45, 7) is 0. The van der Waals surface area contributed by atoms with Crippen molar-refractivity contribution in [1.29, 1.82) is 0 Å². The van der Waals surface area contributed by atoms with Crippen molar-refractivity contribution >= 4 is 26.2 Å². The first-order chi connectivity index (χ1) is 11.3. The number of hydrogen-bond acceptors (Lipinski definition) is 5. The fourth-order valence-electron chi connectivity index (χ4n) is 3.10. The minimum absolute atomic E-state index is 0.0660. The molecule has 1 aromatic rings. The van der Waals surface area contributed by atoms with E-state index in [4.69, 9.17) is 5.14 Å². The third-order valence-corrected chi connectivity index (χ3v) is 6.55. The van der Waals surface area contributed by atoms with Crippen LogP contribution in [0.1, 0.15) is 37.7 Å². The summed E-state index contributed by atoms with van der Waals surface area (Å²) in [6.07, 6.45) is 10.6. The zero-order valence-corrected chi connectivity index (χ0v) is 14.6. The molecule has 1 atom stereocenters. The lowest BCUT2D eigenvalue weighted by Gasteiger charge is -2.12. The van der Waals surface area contributed by atoms with Crippen LogP contribution < -0.4 is 9.32 Å². The van der Waals surface area contributed by atoms with Crippen molar-refractivity contribution in [3.8, 4) is 5.75 Å². The molecule has 0 unspecified atom stereocenters. The fourth-order valence-corrected chi connectivity index (χ4v) is 5.17. The van der Waals surface area contributed by atoms with Gasteiger partial charge in [-0.25, -0.2) is 8.42 Å². The van der Waals surface area contributed by atoms with Crippen LogP contribution in [-0.4, -0.2) is 16.8 Å². The Morgan fingerprint density at radius 3 is 2.79 bits per heavy atom. The van der Waals surface area contributed by atoms with E-state index >= 15 is 0 Å². The van der Waals surface area contributed by atoms with Gasteiger partial charge in [0.15, 0.2) is 0 Å². The highest BCUT2D eigenvalue weighted by molar-refractivity contribution is 7.95. The maximum absolute atomic E-state index is 12.7. The molecule has 8 heteroatoms. The lowest BCUT2D eigenvalue weighted by molar-refractivity contribution is 0.486. The summed E-state index contributed by atoms with van der Waals surface area (Å²) in [5.74, 6) is 0.104. The molecule has 0 fully saturated rings. The van der Waals surface area contributed by atoms with Gasteiger partial charge in [-0.05, 0) is 55.4 Å². The molecule has 0 saturated heterocycles. The molecule has 0 spiro atoms. The summed E-state index contributed by atoms with van der Waals surface area (Å²) in [5.41, 5.74) is 0.546. The van der Waals surface area contributed by atoms with Gasteiger partial charge in [0, 0.05) is 6.07 Å². The Hall–Kier alpha value is -1.64. The smallest absolute Gasteiger partial charge is 0.371 e. The summed E-state index contributed by atoms with van der Waals surface area (Å²) < 4.78 is 52.1. The van der Waals surface area contributed by atoms with Gasteiger partial charge in [0.05, 0.1) is 9.80 Å². The van der Waals surface area contributed by atoms with Gasteiger partial charge >= 0.3 is 10.3 Å². The van der Waals surface area contributed by atoms with Crippen LogP contribution in [0.4, 0.5) is 0 Å². The molecule has 2 aliphatic rings. The van der Waals surface area contributed by atoms with Crippen molar-refractivity contribution in [1.82, 2.24) is 0 Å². The average Bonchev–Trinajstić information content (AvgIpc) is 2.67. The van der Waals surface area contributed by atoms with E-state index in [1.807, 2.05) is 0 Å². The monoisotopic (exact) mass is 369 g/mol. The summed E-state index contributed by atoms with van der Waals surface area (Å²) in [4.78, 5) is 0.429. The molecule has 0 aromatic heterocycles. The first-order valence-corrected chi connectivity index (χ1v) is 10.7. The van der Waals surface area contributed by atoms with E-state index in [0.29, 0.717) is 16.9 Å². The van der Waals surface area contributed by atoms with E-state index < -0.39 is 20.1 Å². The number of hydrogen-bond donors (Lipinski definition) is 1. The highest BCUT2D eigenvalue weighted by Gasteiger charge is 2.31. The molecule has 1 aliphatic carbocycles. The lowest BCUT2D eigenvalue weighted by Crippen LogP contribution is -2.19. The van der Waals surface area contributed by atoms with Crippen LogP contribution in [0, 0.1) is 5.92 Å². The molecule has 0 bridgehead atoms. The SMILES string of the molecule is NS(=O)(=O)Oc1ccc2c(c1)S(=O)(=O)C(C[C@@H]1C=CCCCC1)=C2. The number of fused-ring (bicyclic) bond motifs is 1. The van der Waals surface area contributed by atoms with Gasteiger partial charge in [-0.1, -0.05) is 18.6 Å². The van der Waals surface area contributed by atoms with Gasteiger partial charge in [0.1, 0.15) is 5.75 Å². The molecule has 1 aliphatic heterocycles. The average molecular weight is 369 g/mol. The second-order valence-corrected chi connectivity index (χ2v) is 9.19. The Labute approximate surface area is 142 Å². The number of nitrogens with two attached hydrogens (primary N) is 1. The molecule has 130 valence electrons. The Bertz CT molecular complexity index is 914. The normalized spacial score (nSPS) is 22.5. The topological polar surface area (TPSA) is 104 Å². The maximum Gasteiger partial charge on any atom is 0.380 e. The molecule has 0 radical (unpaired) electrons. The molecule has 2 N–H and O–H groups in total. The first-order valence-electron chi connectivity index (χ1n) is 7.74. The first kappa shape index (κ1) is 17.2. The molecule has 1 heterocycles. The van der Waals surface area contributed by atoms with Gasteiger partial charge in [0.2, 0.25) is 9.84 Å². The van der Waals surface area contributed by atoms with Crippen LogP contribution in [0.25, 0.3) is 6.08 Å². The second-order valence-electron chi connectivity index (χ2n) is 6.07. The highest BCUT2D eigenvalue weighted by Crippen LogP contribution is 2.39. The third kappa shape index (κ3) is 3.71. The van der Waals surface area contributed by atoms with Gasteiger partial charge in [-0.3, -0.25) is 0 Å². The summed E-state index contributed by atoms with van der Waals surface area (Å²) in [7, 11) is -7.82. The molecule has 24 heavy (non-hydrogen) atoms. The van der Waals surface area contributed by atoms with E-state index in [9.17, 15) is 16.8 Å².